The predicted molar refractivity (Wildman–Crippen MR) is 127 cm³/mol. The molecular weight excluding hydrogens is 478 g/mol. The maximum atomic E-state index is 12.8. The zero-order valence-corrected chi connectivity index (χ0v) is 21.5. The van der Waals surface area contributed by atoms with Gasteiger partial charge in [0.15, 0.2) is 0 Å². The van der Waals surface area contributed by atoms with Crippen LogP contribution < -0.4 is 17.0 Å². The smallest absolute Gasteiger partial charge is 0.316 e. The number of quaternary nitrogens is 1. The topological polar surface area (TPSA) is 46.5 Å². The first-order chi connectivity index (χ1) is 15.5. The highest BCUT2D eigenvalue weighted by Crippen LogP contribution is 2.43. The molecule has 1 N–H and O–H groups in total. The van der Waals surface area contributed by atoms with Crippen LogP contribution in [0.2, 0.25) is 0 Å². The fourth-order valence-electron chi connectivity index (χ4n) is 5.88. The van der Waals surface area contributed by atoms with Crippen molar-refractivity contribution in [1.82, 2.24) is 0 Å². The van der Waals surface area contributed by atoms with Gasteiger partial charge in [0.25, 0.3) is 0 Å². The van der Waals surface area contributed by atoms with Gasteiger partial charge in [0.05, 0.1) is 25.7 Å². The van der Waals surface area contributed by atoms with E-state index in [0.29, 0.717) is 12.1 Å². The number of hydrogen-bond acceptors (Lipinski definition) is 3. The van der Waals surface area contributed by atoms with E-state index in [1.807, 2.05) is 30.3 Å². The Morgan fingerprint density at radius 2 is 1.64 bits per heavy atom. The molecule has 2 fully saturated rings. The SMILES string of the molecule is CCCCc1ccc(C[N+]2(C)C3CCC2CC(OC(=O)C(CO)c2ccccc2)C3)cc1.[Br-]. The van der Waals surface area contributed by atoms with Gasteiger partial charge in [0.2, 0.25) is 0 Å². The Labute approximate surface area is 209 Å². The number of aliphatic hydroxyl groups excluding tert-OH is 1. The number of carbonyl (C=O) groups is 1. The van der Waals surface area contributed by atoms with Gasteiger partial charge in [-0.2, -0.15) is 0 Å². The Hall–Kier alpha value is -1.69. The average Bonchev–Trinajstić information content (AvgIpc) is 2.96. The quantitative estimate of drug-likeness (QED) is 0.410. The maximum absolute atomic E-state index is 12.8. The maximum Gasteiger partial charge on any atom is 0.316 e. The molecule has 0 saturated carbocycles. The lowest BCUT2D eigenvalue weighted by molar-refractivity contribution is -0.961. The normalized spacial score (nSPS) is 26.9. The lowest BCUT2D eigenvalue weighted by atomic mass is 9.94. The largest absolute Gasteiger partial charge is 1.00 e. The van der Waals surface area contributed by atoms with E-state index in [4.69, 9.17) is 4.74 Å². The van der Waals surface area contributed by atoms with E-state index in [0.717, 1.165) is 29.4 Å². The van der Waals surface area contributed by atoms with Gasteiger partial charge in [-0.1, -0.05) is 67.9 Å². The van der Waals surface area contributed by atoms with Crippen LogP contribution in [-0.4, -0.2) is 47.4 Å². The zero-order chi connectivity index (χ0) is 22.6. The minimum absolute atomic E-state index is 0. The molecule has 33 heavy (non-hydrogen) atoms. The molecule has 3 atom stereocenters. The van der Waals surface area contributed by atoms with Crippen LogP contribution in [0.1, 0.15) is 68.1 Å². The van der Waals surface area contributed by atoms with Crippen LogP contribution in [0.4, 0.5) is 0 Å². The predicted octanol–water partition coefficient (Wildman–Crippen LogP) is 1.99. The number of aliphatic hydroxyl groups is 1. The van der Waals surface area contributed by atoms with Gasteiger partial charge in [0.1, 0.15) is 18.6 Å². The van der Waals surface area contributed by atoms with Crippen LogP contribution in [0.5, 0.6) is 0 Å². The lowest BCUT2D eigenvalue weighted by Crippen LogP contribution is -3.00. The fraction of sp³-hybridized carbons (Fsp3) is 0.536. The van der Waals surface area contributed by atoms with Crippen molar-refractivity contribution in [3.8, 4) is 0 Å². The highest BCUT2D eigenvalue weighted by molar-refractivity contribution is 5.78. The van der Waals surface area contributed by atoms with Gasteiger partial charge in [0, 0.05) is 31.2 Å². The van der Waals surface area contributed by atoms with Crippen molar-refractivity contribution in [1.29, 1.82) is 0 Å². The average molecular weight is 517 g/mol. The number of aryl methyl sites for hydroxylation is 1. The molecule has 2 bridgehead atoms. The van der Waals surface area contributed by atoms with Gasteiger partial charge in [-0.05, 0) is 24.0 Å². The molecule has 2 saturated heterocycles. The number of halogens is 1. The van der Waals surface area contributed by atoms with Crippen molar-refractivity contribution in [3.05, 3.63) is 71.3 Å². The number of piperidine rings is 1. The third-order valence-electron chi connectivity index (χ3n) is 7.89. The Morgan fingerprint density at radius 1 is 1.03 bits per heavy atom. The van der Waals surface area contributed by atoms with Crippen LogP contribution in [0.25, 0.3) is 0 Å². The molecule has 2 heterocycles. The van der Waals surface area contributed by atoms with E-state index >= 15 is 0 Å². The number of nitrogens with zero attached hydrogens (tertiary/aromatic N) is 1. The monoisotopic (exact) mass is 515 g/mol. The first-order valence-corrected chi connectivity index (χ1v) is 12.3. The highest BCUT2D eigenvalue weighted by atomic mass is 79.9. The van der Waals surface area contributed by atoms with Crippen molar-refractivity contribution in [3.63, 3.8) is 0 Å². The summed E-state index contributed by atoms with van der Waals surface area (Å²) in [5.74, 6) is -0.884. The summed E-state index contributed by atoms with van der Waals surface area (Å²) in [6.45, 7) is 3.07. The summed E-state index contributed by atoms with van der Waals surface area (Å²) in [5.41, 5.74) is 3.66. The van der Waals surface area contributed by atoms with Gasteiger partial charge in [-0.3, -0.25) is 4.79 Å². The van der Waals surface area contributed by atoms with E-state index in [2.05, 4.69) is 38.2 Å². The molecule has 4 rings (SSSR count). The van der Waals surface area contributed by atoms with Gasteiger partial charge in [-0.15, -0.1) is 0 Å². The molecule has 4 nitrogen and oxygen atoms in total. The second-order valence-electron chi connectivity index (χ2n) is 9.99. The summed E-state index contributed by atoms with van der Waals surface area (Å²) in [7, 11) is 2.39. The number of unbranched alkanes of at least 4 members (excludes halogenated alkanes) is 1. The molecule has 2 aliphatic rings. The van der Waals surface area contributed by atoms with Crippen molar-refractivity contribution >= 4 is 5.97 Å². The molecule has 2 aromatic carbocycles. The summed E-state index contributed by atoms with van der Waals surface area (Å²) in [6, 6.07) is 19.7. The van der Waals surface area contributed by atoms with Crippen molar-refractivity contribution < 1.29 is 36.1 Å². The van der Waals surface area contributed by atoms with E-state index in [-0.39, 0.29) is 35.7 Å². The summed E-state index contributed by atoms with van der Waals surface area (Å²) < 4.78 is 7.03. The molecule has 180 valence electrons. The molecule has 2 aromatic rings. The van der Waals surface area contributed by atoms with E-state index < -0.39 is 5.92 Å². The number of benzene rings is 2. The van der Waals surface area contributed by atoms with Gasteiger partial charge >= 0.3 is 5.97 Å². The van der Waals surface area contributed by atoms with Gasteiger partial charge < -0.3 is 31.3 Å². The van der Waals surface area contributed by atoms with Gasteiger partial charge in [-0.25, -0.2) is 0 Å². The summed E-state index contributed by atoms with van der Waals surface area (Å²) >= 11 is 0. The second kappa shape index (κ2) is 11.6. The zero-order valence-electron chi connectivity index (χ0n) is 20.0. The van der Waals surface area contributed by atoms with Crippen LogP contribution in [0, 0.1) is 0 Å². The van der Waals surface area contributed by atoms with Crippen LogP contribution >= 0.6 is 0 Å². The van der Waals surface area contributed by atoms with Crippen molar-refractivity contribution in [2.45, 2.75) is 82.5 Å². The number of fused-ring (bicyclic) bond motifs is 2. The minimum Gasteiger partial charge on any atom is -1.00 e. The number of ether oxygens (including phenoxy) is 1. The Morgan fingerprint density at radius 3 is 2.21 bits per heavy atom. The first kappa shape index (κ1) is 25.9. The standard InChI is InChI=1S/C28H38NO3.BrH/c1-3-4-8-21-11-13-22(14-12-21)19-29(2)24-15-16-25(29)18-26(17-24)32-28(31)27(20-30)23-9-6-5-7-10-23;/h5-7,9-14,24-27,30H,3-4,8,15-20H2,1-2H3;1H/q+1;/p-1. The number of hydrogen-bond donors (Lipinski definition) is 1. The summed E-state index contributed by atoms with van der Waals surface area (Å²) in [6.07, 6.45) is 7.84. The fourth-order valence-corrected chi connectivity index (χ4v) is 5.88. The van der Waals surface area contributed by atoms with Crippen molar-refractivity contribution in [2.75, 3.05) is 13.7 Å². The summed E-state index contributed by atoms with van der Waals surface area (Å²) in [4.78, 5) is 12.8. The number of carbonyl (C=O) groups excluding carboxylic acids is 1. The van der Waals surface area contributed by atoms with E-state index in [1.54, 1.807) is 0 Å². The molecular formula is C28H38BrNO3. The minimum atomic E-state index is -0.595. The third-order valence-corrected chi connectivity index (χ3v) is 7.89. The van der Waals surface area contributed by atoms with Crippen molar-refractivity contribution in [2.24, 2.45) is 0 Å². The number of rotatable bonds is 9. The first-order valence-electron chi connectivity index (χ1n) is 12.3. The Kier molecular flexibility index (Phi) is 9.14. The molecule has 3 unspecified atom stereocenters. The molecule has 0 spiro atoms. The molecule has 0 aliphatic carbocycles. The Balaban J connectivity index is 0.00000306. The number of esters is 1. The van der Waals surface area contributed by atoms with Crippen LogP contribution in [-0.2, 0) is 22.5 Å². The highest BCUT2D eigenvalue weighted by Gasteiger charge is 2.52. The molecule has 0 amide bonds. The third kappa shape index (κ3) is 5.87. The second-order valence-corrected chi connectivity index (χ2v) is 9.99. The molecule has 5 heteroatoms. The van der Waals surface area contributed by atoms with E-state index in [9.17, 15) is 9.90 Å². The molecule has 0 radical (unpaired) electrons. The lowest BCUT2D eigenvalue weighted by Gasteiger charge is -2.47. The molecule has 0 aromatic heterocycles. The van der Waals surface area contributed by atoms with E-state index in [1.165, 1.54) is 43.2 Å². The molecule has 2 aliphatic heterocycles. The summed E-state index contributed by atoms with van der Waals surface area (Å²) in [5, 5.41) is 9.81. The van der Waals surface area contributed by atoms with Crippen LogP contribution in [0.15, 0.2) is 54.6 Å². The Bertz CT molecular complexity index is 872. The van der Waals surface area contributed by atoms with Crippen LogP contribution in [0.3, 0.4) is 0 Å².